The van der Waals surface area contributed by atoms with Crippen molar-refractivity contribution in [1.82, 2.24) is 4.31 Å². The second-order valence-electron chi connectivity index (χ2n) is 7.37. The minimum Gasteiger partial charge on any atom is -0.508 e. The van der Waals surface area contributed by atoms with Gasteiger partial charge in [0, 0.05) is 30.3 Å². The first-order valence-corrected chi connectivity index (χ1v) is 11.3. The van der Waals surface area contributed by atoms with E-state index in [4.69, 9.17) is 0 Å². The van der Waals surface area contributed by atoms with Crippen LogP contribution < -0.4 is 5.32 Å². The molecule has 0 radical (unpaired) electrons. The molecule has 148 valence electrons. The summed E-state index contributed by atoms with van der Waals surface area (Å²) in [5, 5.41) is 13.9. The van der Waals surface area contributed by atoms with Gasteiger partial charge < -0.3 is 10.4 Å². The molecule has 0 amide bonds. The van der Waals surface area contributed by atoms with E-state index >= 15 is 0 Å². The molecule has 28 heavy (non-hydrogen) atoms. The Kier molecular flexibility index (Phi) is 4.93. The van der Waals surface area contributed by atoms with Crippen LogP contribution in [-0.2, 0) is 10.0 Å². The lowest BCUT2D eigenvalue weighted by molar-refractivity contribution is 0.402. The second-order valence-corrected chi connectivity index (χ2v) is 9.31. The van der Waals surface area contributed by atoms with E-state index in [0.29, 0.717) is 18.0 Å². The number of nitrogens with one attached hydrogen (secondary N) is 1. The smallest absolute Gasteiger partial charge is 0.243 e. The molecule has 0 bridgehead atoms. The molecular weight excluding hydrogens is 372 g/mol. The third kappa shape index (κ3) is 3.01. The van der Waals surface area contributed by atoms with Gasteiger partial charge in [0.1, 0.15) is 5.75 Å². The van der Waals surface area contributed by atoms with Crippen molar-refractivity contribution in [3.8, 4) is 5.75 Å². The summed E-state index contributed by atoms with van der Waals surface area (Å²) in [6, 6.07) is 12.8. The van der Waals surface area contributed by atoms with Gasteiger partial charge in [-0.1, -0.05) is 44.2 Å². The number of phenols is 1. The normalized spacial score (nSPS) is 23.3. The first-order chi connectivity index (χ1) is 13.5. The highest BCUT2D eigenvalue weighted by Crippen LogP contribution is 2.51. The summed E-state index contributed by atoms with van der Waals surface area (Å²) in [4.78, 5) is 0.344. The lowest BCUT2D eigenvalue weighted by Gasteiger charge is -2.38. The van der Waals surface area contributed by atoms with Crippen LogP contribution in [0.15, 0.2) is 59.5 Å². The maximum absolute atomic E-state index is 13.0. The van der Waals surface area contributed by atoms with E-state index < -0.39 is 10.0 Å². The maximum atomic E-state index is 13.0. The van der Waals surface area contributed by atoms with Crippen molar-refractivity contribution in [2.75, 3.05) is 18.4 Å². The molecule has 1 aliphatic heterocycles. The fourth-order valence-electron chi connectivity index (χ4n) is 4.50. The summed E-state index contributed by atoms with van der Waals surface area (Å²) in [5.41, 5.74) is 2.82. The number of para-hydroxylation sites is 1. The summed E-state index contributed by atoms with van der Waals surface area (Å²) in [5.74, 6) is 0.662. The van der Waals surface area contributed by atoms with E-state index in [1.165, 1.54) is 4.31 Å². The van der Waals surface area contributed by atoms with Crippen LogP contribution in [0.25, 0.3) is 0 Å². The molecule has 1 heterocycles. The molecule has 0 saturated heterocycles. The molecule has 3 unspecified atom stereocenters. The second kappa shape index (κ2) is 7.26. The standard InChI is InChI=1S/C22H26N2O3S/c1-3-24(4-2)28(26,27)15-12-13-20-19(14-15)16-9-7-10-17(16)22(23-20)18-8-5-6-11-21(18)25/h5-9,11-14,16-17,22-23,25H,3-4,10H2,1-2H3. The molecule has 2 aliphatic rings. The van der Waals surface area contributed by atoms with Crippen molar-refractivity contribution in [1.29, 1.82) is 0 Å². The molecule has 1 aliphatic carbocycles. The topological polar surface area (TPSA) is 69.6 Å². The average Bonchev–Trinajstić information content (AvgIpc) is 3.18. The minimum atomic E-state index is -3.49. The molecule has 4 rings (SSSR count). The number of hydrogen-bond acceptors (Lipinski definition) is 4. The van der Waals surface area contributed by atoms with Crippen molar-refractivity contribution in [2.24, 2.45) is 5.92 Å². The molecule has 2 aromatic rings. The van der Waals surface area contributed by atoms with Gasteiger partial charge in [-0.3, -0.25) is 0 Å². The number of benzene rings is 2. The lowest BCUT2D eigenvalue weighted by Crippen LogP contribution is -2.32. The van der Waals surface area contributed by atoms with E-state index in [0.717, 1.165) is 23.2 Å². The molecule has 0 spiro atoms. The number of anilines is 1. The third-order valence-corrected chi connectivity index (χ3v) is 8.00. The van der Waals surface area contributed by atoms with Crippen LogP contribution in [0.3, 0.4) is 0 Å². The van der Waals surface area contributed by atoms with Gasteiger partial charge in [-0.15, -0.1) is 0 Å². The highest BCUT2D eigenvalue weighted by atomic mass is 32.2. The molecule has 3 atom stereocenters. The van der Waals surface area contributed by atoms with Crippen molar-refractivity contribution < 1.29 is 13.5 Å². The van der Waals surface area contributed by atoms with Crippen molar-refractivity contribution in [2.45, 2.75) is 37.1 Å². The number of sulfonamides is 1. The zero-order chi connectivity index (χ0) is 19.9. The van der Waals surface area contributed by atoms with E-state index in [1.54, 1.807) is 12.1 Å². The van der Waals surface area contributed by atoms with Crippen LogP contribution in [0.4, 0.5) is 5.69 Å². The van der Waals surface area contributed by atoms with E-state index in [-0.39, 0.29) is 23.6 Å². The van der Waals surface area contributed by atoms with Gasteiger partial charge in [0.05, 0.1) is 10.9 Å². The maximum Gasteiger partial charge on any atom is 0.243 e. The Morgan fingerprint density at radius 1 is 1.11 bits per heavy atom. The lowest BCUT2D eigenvalue weighted by atomic mass is 9.77. The number of rotatable bonds is 5. The first-order valence-electron chi connectivity index (χ1n) is 9.82. The highest BCUT2D eigenvalue weighted by Gasteiger charge is 2.39. The molecule has 6 heteroatoms. The SMILES string of the molecule is CCN(CC)S(=O)(=O)c1ccc2c(c1)C1C=CCC1C(c1ccccc1O)N2. The Balaban J connectivity index is 1.76. The molecule has 0 fully saturated rings. The zero-order valence-electron chi connectivity index (χ0n) is 16.2. The van der Waals surface area contributed by atoms with Crippen LogP contribution in [0.1, 0.15) is 43.4 Å². The number of nitrogens with zero attached hydrogens (tertiary/aromatic N) is 1. The van der Waals surface area contributed by atoms with E-state index in [1.807, 2.05) is 44.2 Å². The van der Waals surface area contributed by atoms with E-state index in [2.05, 4.69) is 17.5 Å². The first kappa shape index (κ1) is 19.0. The van der Waals surface area contributed by atoms with Gasteiger partial charge in [-0.2, -0.15) is 4.31 Å². The van der Waals surface area contributed by atoms with Crippen molar-refractivity contribution in [3.63, 3.8) is 0 Å². The summed E-state index contributed by atoms with van der Waals surface area (Å²) in [6.07, 6.45) is 5.22. The Hall–Kier alpha value is -2.31. The van der Waals surface area contributed by atoms with Crippen LogP contribution in [-0.4, -0.2) is 30.9 Å². The summed E-state index contributed by atoms with van der Waals surface area (Å²) in [6.45, 7) is 4.62. The van der Waals surface area contributed by atoms with Crippen molar-refractivity contribution in [3.05, 3.63) is 65.7 Å². The largest absolute Gasteiger partial charge is 0.508 e. The number of aromatic hydroxyl groups is 1. The minimum absolute atomic E-state index is 0.0149. The molecule has 2 N–H and O–H groups in total. The number of phenolic OH excluding ortho intramolecular Hbond substituents is 1. The number of fused-ring (bicyclic) bond motifs is 3. The number of hydrogen-bond donors (Lipinski definition) is 2. The quantitative estimate of drug-likeness (QED) is 0.739. The zero-order valence-corrected chi connectivity index (χ0v) is 17.0. The van der Waals surface area contributed by atoms with E-state index in [9.17, 15) is 13.5 Å². The van der Waals surface area contributed by atoms with Gasteiger partial charge >= 0.3 is 0 Å². The summed E-state index contributed by atoms with van der Waals surface area (Å²) < 4.78 is 27.4. The average molecular weight is 399 g/mol. The van der Waals surface area contributed by atoms with Crippen LogP contribution in [0, 0.1) is 5.92 Å². The summed E-state index contributed by atoms with van der Waals surface area (Å²) >= 11 is 0. The fraction of sp³-hybridized carbons (Fsp3) is 0.364. The fourth-order valence-corrected chi connectivity index (χ4v) is 6.00. The van der Waals surface area contributed by atoms with Crippen molar-refractivity contribution >= 4 is 15.7 Å². The van der Waals surface area contributed by atoms with Gasteiger partial charge in [-0.05, 0) is 42.2 Å². The molecule has 2 aromatic carbocycles. The molecule has 5 nitrogen and oxygen atoms in total. The predicted molar refractivity (Wildman–Crippen MR) is 111 cm³/mol. The summed E-state index contributed by atoms with van der Waals surface area (Å²) in [7, 11) is -3.49. The van der Waals surface area contributed by atoms with Crippen LogP contribution in [0.5, 0.6) is 5.75 Å². The molecule has 0 saturated carbocycles. The molecule has 0 aromatic heterocycles. The van der Waals surface area contributed by atoms with Gasteiger partial charge in [0.2, 0.25) is 10.0 Å². The highest BCUT2D eigenvalue weighted by molar-refractivity contribution is 7.89. The van der Waals surface area contributed by atoms with Crippen LogP contribution in [0.2, 0.25) is 0 Å². The monoisotopic (exact) mass is 398 g/mol. The van der Waals surface area contributed by atoms with Gasteiger partial charge in [-0.25, -0.2) is 8.42 Å². The predicted octanol–water partition coefficient (Wildman–Crippen LogP) is 4.25. The number of allylic oxidation sites excluding steroid dienone is 2. The van der Waals surface area contributed by atoms with Gasteiger partial charge in [0.25, 0.3) is 0 Å². The Morgan fingerprint density at radius 3 is 2.57 bits per heavy atom. The Bertz CT molecular complexity index is 1010. The Labute approximate surface area is 166 Å². The third-order valence-electron chi connectivity index (χ3n) is 5.95. The Morgan fingerprint density at radius 2 is 1.86 bits per heavy atom. The van der Waals surface area contributed by atoms with Gasteiger partial charge in [0.15, 0.2) is 0 Å². The molecular formula is C22H26N2O3S. The van der Waals surface area contributed by atoms with Crippen LogP contribution >= 0.6 is 0 Å².